The number of allylic oxidation sites excluding steroid dienone is 2. The topological polar surface area (TPSA) is 49.3 Å². The fraction of sp³-hybridized carbons (Fsp3) is 0.438. The zero-order valence-corrected chi connectivity index (χ0v) is 12.1. The van der Waals surface area contributed by atoms with Crippen LogP contribution in [0.25, 0.3) is 0 Å². The van der Waals surface area contributed by atoms with Crippen LogP contribution in [0.15, 0.2) is 36.4 Å². The van der Waals surface area contributed by atoms with Crippen LogP contribution in [0.3, 0.4) is 0 Å². The summed E-state index contributed by atoms with van der Waals surface area (Å²) in [6, 6.07) is 7.17. The first kappa shape index (κ1) is 15.1. The predicted octanol–water partition coefficient (Wildman–Crippen LogP) is 3.24. The number of carbonyl (C=O) groups excluding carboxylic acids is 1. The van der Waals surface area contributed by atoms with E-state index in [-0.39, 0.29) is 11.8 Å². The van der Waals surface area contributed by atoms with Crippen LogP contribution in [-0.2, 0) is 4.79 Å². The van der Waals surface area contributed by atoms with Gasteiger partial charge in [0, 0.05) is 17.5 Å². The van der Waals surface area contributed by atoms with E-state index in [4.69, 9.17) is 11.6 Å². The van der Waals surface area contributed by atoms with E-state index in [1.165, 1.54) is 0 Å². The molecule has 0 unspecified atom stereocenters. The van der Waals surface area contributed by atoms with E-state index in [0.29, 0.717) is 18.0 Å². The summed E-state index contributed by atoms with van der Waals surface area (Å²) in [5, 5.41) is 13.6. The molecular weight excluding hydrogens is 274 g/mol. The van der Waals surface area contributed by atoms with Gasteiger partial charge in [0.05, 0.1) is 6.10 Å². The molecule has 2 atom stereocenters. The number of carbonyl (C=O) groups is 1. The van der Waals surface area contributed by atoms with Gasteiger partial charge >= 0.3 is 0 Å². The van der Waals surface area contributed by atoms with Crippen LogP contribution in [0.1, 0.15) is 37.4 Å². The smallest absolute Gasteiger partial charge is 0.223 e. The summed E-state index contributed by atoms with van der Waals surface area (Å²) in [5.74, 6) is 0.177. The number of benzene rings is 1. The number of hydrogen-bond donors (Lipinski definition) is 2. The molecule has 1 aliphatic carbocycles. The summed E-state index contributed by atoms with van der Waals surface area (Å²) < 4.78 is 0. The van der Waals surface area contributed by atoms with E-state index in [2.05, 4.69) is 17.5 Å². The number of halogens is 1. The number of hydrogen-bond acceptors (Lipinski definition) is 2. The van der Waals surface area contributed by atoms with Gasteiger partial charge in [-0.25, -0.2) is 0 Å². The van der Waals surface area contributed by atoms with Crippen molar-refractivity contribution >= 4 is 17.5 Å². The molecule has 20 heavy (non-hydrogen) atoms. The number of amides is 1. The van der Waals surface area contributed by atoms with Crippen LogP contribution in [-0.4, -0.2) is 17.6 Å². The van der Waals surface area contributed by atoms with Crippen LogP contribution >= 0.6 is 11.6 Å². The van der Waals surface area contributed by atoms with E-state index >= 15 is 0 Å². The molecule has 4 heteroatoms. The lowest BCUT2D eigenvalue weighted by Gasteiger charge is -2.18. The highest BCUT2D eigenvalue weighted by molar-refractivity contribution is 6.30. The molecule has 0 aliphatic heterocycles. The third-order valence-electron chi connectivity index (χ3n) is 3.59. The summed E-state index contributed by atoms with van der Waals surface area (Å²) >= 11 is 5.89. The van der Waals surface area contributed by atoms with Crippen LogP contribution < -0.4 is 5.32 Å². The third-order valence-corrected chi connectivity index (χ3v) is 3.83. The fourth-order valence-corrected chi connectivity index (χ4v) is 2.59. The Balaban J connectivity index is 1.75. The summed E-state index contributed by atoms with van der Waals surface area (Å²) in [7, 11) is 0. The zero-order chi connectivity index (χ0) is 14.4. The van der Waals surface area contributed by atoms with Gasteiger partial charge in [-0.15, -0.1) is 0 Å². The molecule has 0 radical (unpaired) electrons. The molecule has 1 aliphatic rings. The summed E-state index contributed by atoms with van der Waals surface area (Å²) in [5.41, 5.74) is 0.785. The van der Waals surface area contributed by atoms with E-state index in [0.717, 1.165) is 24.8 Å². The molecule has 3 nitrogen and oxygen atoms in total. The van der Waals surface area contributed by atoms with Crippen molar-refractivity contribution in [2.75, 3.05) is 6.54 Å². The Morgan fingerprint density at radius 3 is 3.00 bits per heavy atom. The lowest BCUT2D eigenvalue weighted by atomic mass is 9.93. The van der Waals surface area contributed by atoms with Crippen molar-refractivity contribution in [3.8, 4) is 0 Å². The first-order valence-corrected chi connectivity index (χ1v) is 7.41. The number of nitrogens with one attached hydrogen (secondary N) is 1. The van der Waals surface area contributed by atoms with Crippen molar-refractivity contribution in [2.45, 2.75) is 31.8 Å². The Labute approximate surface area is 124 Å². The van der Waals surface area contributed by atoms with Crippen molar-refractivity contribution in [1.82, 2.24) is 5.32 Å². The molecule has 1 aromatic rings. The van der Waals surface area contributed by atoms with Gasteiger partial charge in [0.25, 0.3) is 0 Å². The molecule has 0 bridgehead atoms. The Kier molecular flexibility index (Phi) is 5.62. The molecule has 0 saturated heterocycles. The molecule has 1 aromatic carbocycles. The minimum atomic E-state index is -0.597. The van der Waals surface area contributed by atoms with E-state index in [1.54, 1.807) is 12.1 Å². The van der Waals surface area contributed by atoms with Gasteiger partial charge in [-0.2, -0.15) is 0 Å². The quantitative estimate of drug-likeness (QED) is 0.819. The Bertz CT molecular complexity index is 487. The number of aliphatic hydroxyl groups is 1. The minimum absolute atomic E-state index is 0.0864. The molecule has 0 spiro atoms. The van der Waals surface area contributed by atoms with Gasteiger partial charge < -0.3 is 10.4 Å². The molecule has 0 heterocycles. The average Bonchev–Trinajstić information content (AvgIpc) is 2.48. The monoisotopic (exact) mass is 293 g/mol. The van der Waals surface area contributed by atoms with Crippen molar-refractivity contribution in [3.63, 3.8) is 0 Å². The molecule has 0 saturated carbocycles. The van der Waals surface area contributed by atoms with Crippen LogP contribution in [0.5, 0.6) is 0 Å². The molecule has 0 aromatic heterocycles. The second-order valence-electron chi connectivity index (χ2n) is 5.13. The lowest BCUT2D eigenvalue weighted by molar-refractivity contribution is -0.125. The third kappa shape index (κ3) is 4.36. The van der Waals surface area contributed by atoms with Gasteiger partial charge in [-0.1, -0.05) is 35.9 Å². The molecule has 1 amide bonds. The van der Waals surface area contributed by atoms with Crippen LogP contribution in [0.2, 0.25) is 5.02 Å². The van der Waals surface area contributed by atoms with E-state index in [9.17, 15) is 9.90 Å². The van der Waals surface area contributed by atoms with Gasteiger partial charge in [0.1, 0.15) is 0 Å². The second kappa shape index (κ2) is 7.46. The Hall–Kier alpha value is -1.32. The van der Waals surface area contributed by atoms with Gasteiger partial charge in [-0.05, 0) is 43.4 Å². The highest BCUT2D eigenvalue weighted by atomic mass is 35.5. The summed E-state index contributed by atoms with van der Waals surface area (Å²) in [6.45, 7) is 0.479. The van der Waals surface area contributed by atoms with Gasteiger partial charge in [0.15, 0.2) is 0 Å². The number of aliphatic hydroxyl groups excluding tert-OH is 1. The molecule has 0 fully saturated rings. The van der Waals surface area contributed by atoms with Crippen molar-refractivity contribution < 1.29 is 9.90 Å². The van der Waals surface area contributed by atoms with Crippen molar-refractivity contribution in [3.05, 3.63) is 47.0 Å². The van der Waals surface area contributed by atoms with Gasteiger partial charge in [-0.3, -0.25) is 4.79 Å². The molecule has 2 rings (SSSR count). The molecule has 108 valence electrons. The SMILES string of the molecule is O=C(NCC[C@H](O)c1cccc(Cl)c1)[C@@H]1CC=CCC1. The first-order valence-electron chi connectivity index (χ1n) is 7.03. The Morgan fingerprint density at radius 1 is 1.45 bits per heavy atom. The highest BCUT2D eigenvalue weighted by Gasteiger charge is 2.18. The zero-order valence-electron chi connectivity index (χ0n) is 11.4. The second-order valence-corrected chi connectivity index (χ2v) is 5.57. The first-order chi connectivity index (χ1) is 9.66. The van der Waals surface area contributed by atoms with E-state index < -0.39 is 6.10 Å². The summed E-state index contributed by atoms with van der Waals surface area (Å²) in [4.78, 5) is 11.9. The predicted molar refractivity (Wildman–Crippen MR) is 80.5 cm³/mol. The molecular formula is C16H20ClNO2. The fourth-order valence-electron chi connectivity index (χ4n) is 2.39. The maximum Gasteiger partial charge on any atom is 0.223 e. The Morgan fingerprint density at radius 2 is 2.30 bits per heavy atom. The standard InChI is InChI=1S/C16H20ClNO2/c17-14-8-4-7-13(11-14)15(19)9-10-18-16(20)12-5-2-1-3-6-12/h1-2,4,7-8,11-12,15,19H,3,5-6,9-10H2,(H,18,20)/t12-,15+/m1/s1. The van der Waals surface area contributed by atoms with Crippen molar-refractivity contribution in [1.29, 1.82) is 0 Å². The normalized spacial score (nSPS) is 19.6. The largest absolute Gasteiger partial charge is 0.388 e. The molecule has 2 N–H and O–H groups in total. The van der Waals surface area contributed by atoms with Crippen molar-refractivity contribution in [2.24, 2.45) is 5.92 Å². The van der Waals surface area contributed by atoms with E-state index in [1.807, 2.05) is 12.1 Å². The maximum atomic E-state index is 11.9. The lowest BCUT2D eigenvalue weighted by Crippen LogP contribution is -2.32. The maximum absolute atomic E-state index is 11.9. The average molecular weight is 294 g/mol. The van der Waals surface area contributed by atoms with Crippen LogP contribution in [0.4, 0.5) is 0 Å². The summed E-state index contributed by atoms with van der Waals surface area (Å²) in [6.07, 6.45) is 6.79. The minimum Gasteiger partial charge on any atom is -0.388 e. The number of rotatable bonds is 5. The highest BCUT2D eigenvalue weighted by Crippen LogP contribution is 2.20. The van der Waals surface area contributed by atoms with Crippen LogP contribution in [0, 0.1) is 5.92 Å². The van der Waals surface area contributed by atoms with Gasteiger partial charge in [0.2, 0.25) is 5.91 Å².